The number of carbonyl (C=O) groups excluding carboxylic acids is 2. The Balaban J connectivity index is 1.95. The summed E-state index contributed by atoms with van der Waals surface area (Å²) in [5.74, 6) is -1.78. The number of benzene rings is 1. The molecule has 1 aromatic carbocycles. The molecule has 31 heavy (non-hydrogen) atoms. The van der Waals surface area contributed by atoms with Crippen LogP contribution in [0.25, 0.3) is 10.4 Å². The summed E-state index contributed by atoms with van der Waals surface area (Å²) >= 11 is 1.01. The predicted molar refractivity (Wildman–Crippen MR) is 106 cm³/mol. The first-order valence-corrected chi connectivity index (χ1v) is 11.3. The van der Waals surface area contributed by atoms with Gasteiger partial charge in [-0.05, 0) is 24.6 Å². The third kappa shape index (κ3) is 7.47. The second-order valence-corrected chi connectivity index (χ2v) is 9.36. The molecule has 3 amide bonds. The average molecular weight is 482 g/mol. The lowest BCUT2D eigenvalue weighted by atomic mass is 10.1. The van der Waals surface area contributed by atoms with Gasteiger partial charge in [0.1, 0.15) is 17.3 Å². The highest BCUT2D eigenvalue weighted by atomic mass is 32.2. The Labute approximate surface area is 179 Å². The zero-order valence-corrected chi connectivity index (χ0v) is 17.9. The van der Waals surface area contributed by atoms with E-state index in [4.69, 9.17) is 0 Å². The van der Waals surface area contributed by atoms with Crippen LogP contribution in [0.5, 0.6) is 0 Å². The van der Waals surface area contributed by atoms with Crippen molar-refractivity contribution in [2.24, 2.45) is 0 Å². The molecule has 0 aliphatic heterocycles. The van der Waals surface area contributed by atoms with E-state index in [0.29, 0.717) is 16.1 Å². The number of carbonyl (C=O) groups is 2. The van der Waals surface area contributed by atoms with Crippen LogP contribution in [-0.2, 0) is 14.6 Å². The van der Waals surface area contributed by atoms with Crippen LogP contribution in [0.4, 0.5) is 27.5 Å². The van der Waals surface area contributed by atoms with Gasteiger partial charge >= 0.3 is 12.2 Å². The van der Waals surface area contributed by atoms with E-state index in [1.165, 1.54) is 6.07 Å². The minimum Gasteiger partial charge on any atom is -0.347 e. The molecule has 0 atom stereocenters. The maximum atomic E-state index is 14.1. The SMILES string of the molecule is Cc1nc(NC(=O)NCCC(=O)NCC(F)(F)F)sc1-c1ccc(S(C)(=O)=O)c(F)c1. The number of amides is 3. The Hall–Kier alpha value is -2.74. The van der Waals surface area contributed by atoms with Crippen molar-refractivity contribution in [2.75, 3.05) is 24.7 Å². The second-order valence-electron chi connectivity index (χ2n) is 6.37. The Bertz CT molecular complexity index is 1080. The van der Waals surface area contributed by atoms with Crippen molar-refractivity contribution >= 4 is 38.2 Å². The zero-order valence-electron chi connectivity index (χ0n) is 16.3. The topological polar surface area (TPSA) is 117 Å². The number of halogens is 4. The van der Waals surface area contributed by atoms with Crippen LogP contribution in [0.1, 0.15) is 12.1 Å². The van der Waals surface area contributed by atoms with Crippen LogP contribution >= 0.6 is 11.3 Å². The van der Waals surface area contributed by atoms with E-state index in [1.807, 2.05) is 0 Å². The van der Waals surface area contributed by atoms with E-state index in [-0.39, 0.29) is 18.1 Å². The largest absolute Gasteiger partial charge is 0.405 e. The smallest absolute Gasteiger partial charge is 0.347 e. The van der Waals surface area contributed by atoms with E-state index >= 15 is 0 Å². The number of urea groups is 1. The maximum absolute atomic E-state index is 14.1. The van der Waals surface area contributed by atoms with Crippen LogP contribution in [0.15, 0.2) is 23.1 Å². The van der Waals surface area contributed by atoms with E-state index in [1.54, 1.807) is 12.2 Å². The van der Waals surface area contributed by atoms with Gasteiger partial charge in [-0.15, -0.1) is 0 Å². The molecular weight excluding hydrogens is 464 g/mol. The molecule has 0 bridgehead atoms. The Morgan fingerprint density at radius 1 is 1.19 bits per heavy atom. The molecule has 2 aromatic rings. The van der Waals surface area contributed by atoms with Crippen molar-refractivity contribution in [1.82, 2.24) is 15.6 Å². The predicted octanol–water partition coefficient (Wildman–Crippen LogP) is 2.85. The van der Waals surface area contributed by atoms with E-state index in [0.717, 1.165) is 29.7 Å². The summed E-state index contributed by atoms with van der Waals surface area (Å²) in [5.41, 5.74) is 0.827. The quantitative estimate of drug-likeness (QED) is 0.525. The van der Waals surface area contributed by atoms with Gasteiger partial charge in [0.2, 0.25) is 5.91 Å². The van der Waals surface area contributed by atoms with Crippen LogP contribution in [0, 0.1) is 12.7 Å². The van der Waals surface area contributed by atoms with Crippen molar-refractivity contribution in [3.05, 3.63) is 29.7 Å². The molecule has 0 aliphatic carbocycles. The van der Waals surface area contributed by atoms with Gasteiger partial charge < -0.3 is 10.6 Å². The van der Waals surface area contributed by atoms with Crippen molar-refractivity contribution in [2.45, 2.75) is 24.4 Å². The van der Waals surface area contributed by atoms with Crippen molar-refractivity contribution in [1.29, 1.82) is 0 Å². The summed E-state index contributed by atoms with van der Waals surface area (Å²) < 4.78 is 73.2. The molecule has 8 nitrogen and oxygen atoms in total. The van der Waals surface area contributed by atoms with Crippen molar-refractivity contribution in [3.8, 4) is 10.4 Å². The number of aromatic nitrogens is 1. The summed E-state index contributed by atoms with van der Waals surface area (Å²) in [6.45, 7) is -0.0435. The number of hydrogen-bond donors (Lipinski definition) is 3. The first-order valence-electron chi connectivity index (χ1n) is 8.62. The molecule has 1 aromatic heterocycles. The Kier molecular flexibility index (Phi) is 7.59. The fourth-order valence-electron chi connectivity index (χ4n) is 2.38. The molecule has 0 spiro atoms. The number of aryl methyl sites for hydroxylation is 1. The van der Waals surface area contributed by atoms with Crippen molar-refractivity contribution < 1.29 is 35.6 Å². The van der Waals surface area contributed by atoms with Crippen molar-refractivity contribution in [3.63, 3.8) is 0 Å². The first-order chi connectivity index (χ1) is 14.3. The summed E-state index contributed by atoms with van der Waals surface area (Å²) in [7, 11) is -3.72. The second kappa shape index (κ2) is 9.60. The number of thiazole rings is 1. The number of hydrogen-bond acceptors (Lipinski definition) is 6. The molecule has 0 fully saturated rings. The highest BCUT2D eigenvalue weighted by Gasteiger charge is 2.27. The zero-order chi connectivity index (χ0) is 23.4. The van der Waals surface area contributed by atoms with Crippen LogP contribution in [0.3, 0.4) is 0 Å². The van der Waals surface area contributed by atoms with E-state index in [2.05, 4.69) is 15.6 Å². The summed E-state index contributed by atoms with van der Waals surface area (Å²) in [5, 5.41) is 6.55. The fraction of sp³-hybridized carbons (Fsp3) is 0.353. The monoisotopic (exact) mass is 482 g/mol. The fourth-order valence-corrected chi connectivity index (χ4v) is 4.06. The first kappa shape index (κ1) is 24.5. The number of nitrogens with zero attached hydrogens (tertiary/aromatic N) is 1. The van der Waals surface area contributed by atoms with Crippen LogP contribution < -0.4 is 16.0 Å². The Morgan fingerprint density at radius 3 is 2.45 bits per heavy atom. The van der Waals surface area contributed by atoms with E-state index in [9.17, 15) is 35.6 Å². The third-order valence-corrected chi connectivity index (χ3v) is 5.99. The molecular formula is C17H18F4N4O4S2. The van der Waals surface area contributed by atoms with Gasteiger partial charge in [-0.2, -0.15) is 13.2 Å². The molecule has 1 heterocycles. The van der Waals surface area contributed by atoms with Gasteiger partial charge in [0.05, 0.1) is 10.6 Å². The van der Waals surface area contributed by atoms with E-state index < -0.39 is 45.2 Å². The molecule has 3 N–H and O–H groups in total. The maximum Gasteiger partial charge on any atom is 0.405 e. The highest BCUT2D eigenvalue weighted by molar-refractivity contribution is 7.90. The van der Waals surface area contributed by atoms with Gasteiger partial charge in [-0.3, -0.25) is 10.1 Å². The normalized spacial score (nSPS) is 11.8. The van der Waals surface area contributed by atoms with Crippen LogP contribution in [0.2, 0.25) is 0 Å². The molecule has 170 valence electrons. The van der Waals surface area contributed by atoms with Gasteiger partial charge in [-0.1, -0.05) is 17.4 Å². The molecule has 0 radical (unpaired) electrons. The Morgan fingerprint density at radius 2 is 1.87 bits per heavy atom. The third-order valence-electron chi connectivity index (χ3n) is 3.73. The number of anilines is 1. The summed E-state index contributed by atoms with van der Waals surface area (Å²) in [6.07, 6.45) is -3.98. The average Bonchev–Trinajstić information content (AvgIpc) is 2.98. The van der Waals surface area contributed by atoms with Gasteiger partial charge in [0, 0.05) is 19.2 Å². The highest BCUT2D eigenvalue weighted by Crippen LogP contribution is 2.34. The molecule has 0 unspecified atom stereocenters. The lowest BCUT2D eigenvalue weighted by Crippen LogP contribution is -2.37. The van der Waals surface area contributed by atoms with Crippen LogP contribution in [-0.4, -0.2) is 50.9 Å². The number of alkyl halides is 3. The molecule has 0 aliphatic rings. The summed E-state index contributed by atoms with van der Waals surface area (Å²) in [6, 6.07) is 2.88. The standard InChI is InChI=1S/C17H18F4N4O4S2/c1-9-14(10-3-4-12(11(18)7-10)31(2,28)29)30-16(24-9)25-15(27)22-6-5-13(26)23-8-17(19,20)21/h3-4,7H,5-6,8H2,1-2H3,(H,23,26)(H2,22,24,25,27). The number of rotatable bonds is 7. The lowest BCUT2D eigenvalue weighted by Gasteiger charge is -2.08. The molecule has 0 saturated carbocycles. The molecule has 0 saturated heterocycles. The lowest BCUT2D eigenvalue weighted by molar-refractivity contribution is -0.138. The minimum atomic E-state index is -4.52. The summed E-state index contributed by atoms with van der Waals surface area (Å²) in [4.78, 5) is 27.4. The van der Waals surface area contributed by atoms with Gasteiger partial charge in [0.25, 0.3) is 0 Å². The number of sulfone groups is 1. The molecule has 2 rings (SSSR count). The minimum absolute atomic E-state index is 0.152. The van der Waals surface area contributed by atoms with Gasteiger partial charge in [0.15, 0.2) is 15.0 Å². The van der Waals surface area contributed by atoms with Gasteiger partial charge in [-0.25, -0.2) is 22.6 Å². The number of nitrogens with one attached hydrogen (secondary N) is 3. The molecule has 14 heteroatoms.